The molecule has 1 aliphatic rings. The van der Waals surface area contributed by atoms with Gasteiger partial charge >= 0.3 is 0 Å². The number of likely N-dealkylation sites (N-methyl/N-ethyl adjacent to an activating group) is 1. The van der Waals surface area contributed by atoms with Crippen molar-refractivity contribution in [1.29, 1.82) is 0 Å². The molecule has 0 bridgehead atoms. The lowest BCUT2D eigenvalue weighted by molar-refractivity contribution is -0.136. The summed E-state index contributed by atoms with van der Waals surface area (Å²) in [7, 11) is 3.55. The topological polar surface area (TPSA) is 58.8 Å². The number of nitrogens with zero attached hydrogens (tertiary/aromatic N) is 2. The molecule has 1 aliphatic heterocycles. The van der Waals surface area contributed by atoms with Gasteiger partial charge in [0.05, 0.1) is 18.8 Å². The third-order valence-electron chi connectivity index (χ3n) is 2.78. The summed E-state index contributed by atoms with van der Waals surface area (Å²) in [6, 6.07) is -0.0852. The van der Waals surface area contributed by atoms with E-state index < -0.39 is 0 Å². The maximum Gasteiger partial charge on any atom is 0.239 e. The van der Waals surface area contributed by atoms with Crippen LogP contribution in [0.4, 0.5) is 0 Å². The van der Waals surface area contributed by atoms with E-state index in [1.807, 2.05) is 6.92 Å². The minimum atomic E-state index is -0.0852. The number of hydrogen-bond acceptors (Lipinski definition) is 4. The Morgan fingerprint density at radius 2 is 2.33 bits per heavy atom. The van der Waals surface area contributed by atoms with Gasteiger partial charge in [0.25, 0.3) is 0 Å². The third-order valence-corrected chi connectivity index (χ3v) is 2.78. The minimum absolute atomic E-state index is 0.0659. The van der Waals surface area contributed by atoms with Crippen molar-refractivity contribution in [3.8, 4) is 0 Å². The van der Waals surface area contributed by atoms with E-state index in [1.165, 1.54) is 0 Å². The zero-order valence-corrected chi connectivity index (χ0v) is 9.77. The molecule has 0 aromatic heterocycles. The van der Waals surface area contributed by atoms with E-state index in [0.717, 1.165) is 13.1 Å². The lowest BCUT2D eigenvalue weighted by Crippen LogP contribution is -2.53. The largest absolute Gasteiger partial charge is 0.374 e. The molecule has 1 saturated heterocycles. The monoisotopic (exact) mass is 215 g/mol. The number of hydrogen-bond donors (Lipinski definition) is 1. The Bertz CT molecular complexity index is 221. The van der Waals surface area contributed by atoms with Crippen LogP contribution in [-0.4, -0.2) is 68.2 Å². The van der Waals surface area contributed by atoms with E-state index in [1.54, 1.807) is 19.0 Å². The summed E-state index contributed by atoms with van der Waals surface area (Å²) >= 11 is 0. The highest BCUT2D eigenvalue weighted by atomic mass is 16.5. The van der Waals surface area contributed by atoms with Gasteiger partial charge in [-0.3, -0.25) is 9.69 Å². The minimum Gasteiger partial charge on any atom is -0.374 e. The molecule has 88 valence electrons. The lowest BCUT2D eigenvalue weighted by atomic mass is 10.2. The first-order chi connectivity index (χ1) is 7.06. The number of carbonyl (C=O) groups is 1. The average molecular weight is 215 g/mol. The third kappa shape index (κ3) is 3.15. The van der Waals surface area contributed by atoms with Crippen molar-refractivity contribution < 1.29 is 9.53 Å². The Kier molecular flexibility index (Phi) is 4.50. The highest BCUT2D eigenvalue weighted by Crippen LogP contribution is 2.09. The van der Waals surface area contributed by atoms with Crippen molar-refractivity contribution in [3.05, 3.63) is 0 Å². The second-order valence-electron chi connectivity index (χ2n) is 4.13. The first-order valence-corrected chi connectivity index (χ1v) is 5.33. The van der Waals surface area contributed by atoms with Crippen molar-refractivity contribution in [2.75, 3.05) is 40.3 Å². The Hall–Kier alpha value is -0.650. The van der Waals surface area contributed by atoms with E-state index in [9.17, 15) is 4.79 Å². The van der Waals surface area contributed by atoms with Crippen molar-refractivity contribution in [1.82, 2.24) is 9.80 Å². The Balaban J connectivity index is 2.51. The molecular formula is C10H21N3O2. The van der Waals surface area contributed by atoms with Gasteiger partial charge in [0.2, 0.25) is 5.91 Å². The van der Waals surface area contributed by atoms with Crippen LogP contribution in [0.2, 0.25) is 0 Å². The number of morpholine rings is 1. The molecular weight excluding hydrogens is 194 g/mol. The fourth-order valence-corrected chi connectivity index (χ4v) is 1.77. The average Bonchev–Trinajstić information content (AvgIpc) is 2.27. The van der Waals surface area contributed by atoms with E-state index in [4.69, 9.17) is 10.5 Å². The fourth-order valence-electron chi connectivity index (χ4n) is 1.77. The van der Waals surface area contributed by atoms with Gasteiger partial charge in [-0.05, 0) is 6.92 Å². The smallest absolute Gasteiger partial charge is 0.239 e. The molecule has 1 rings (SSSR count). The molecule has 1 fully saturated rings. The van der Waals surface area contributed by atoms with Gasteiger partial charge in [-0.2, -0.15) is 0 Å². The highest BCUT2D eigenvalue weighted by molar-refractivity contribution is 5.80. The van der Waals surface area contributed by atoms with Crippen molar-refractivity contribution >= 4 is 5.91 Å². The first kappa shape index (κ1) is 12.4. The Labute approximate surface area is 91.2 Å². The standard InChI is InChI=1S/C10H21N3O2/c1-8(10(14)12(2)3)13-4-5-15-9(6-11)7-13/h8-9H,4-7,11H2,1-3H3. The van der Waals surface area contributed by atoms with Crippen LogP contribution in [0.5, 0.6) is 0 Å². The van der Waals surface area contributed by atoms with Crippen LogP contribution < -0.4 is 5.73 Å². The van der Waals surface area contributed by atoms with E-state index in [-0.39, 0.29) is 18.1 Å². The quantitative estimate of drug-likeness (QED) is 0.664. The Morgan fingerprint density at radius 3 is 2.87 bits per heavy atom. The van der Waals surface area contributed by atoms with E-state index in [0.29, 0.717) is 13.2 Å². The number of ether oxygens (including phenoxy) is 1. The van der Waals surface area contributed by atoms with Crippen molar-refractivity contribution in [2.45, 2.75) is 19.1 Å². The van der Waals surface area contributed by atoms with Crippen molar-refractivity contribution in [3.63, 3.8) is 0 Å². The molecule has 15 heavy (non-hydrogen) atoms. The maximum absolute atomic E-state index is 11.7. The molecule has 2 unspecified atom stereocenters. The van der Waals surface area contributed by atoms with Gasteiger partial charge in [0.15, 0.2) is 0 Å². The molecule has 0 radical (unpaired) electrons. The summed E-state index contributed by atoms with van der Waals surface area (Å²) < 4.78 is 5.46. The van der Waals surface area contributed by atoms with E-state index in [2.05, 4.69) is 4.90 Å². The second kappa shape index (κ2) is 5.44. The number of nitrogens with two attached hydrogens (primary N) is 1. The van der Waals surface area contributed by atoms with Crippen LogP contribution in [-0.2, 0) is 9.53 Å². The molecule has 0 saturated carbocycles. The fraction of sp³-hybridized carbons (Fsp3) is 0.900. The van der Waals surface area contributed by atoms with Crippen LogP contribution in [0.15, 0.2) is 0 Å². The molecule has 0 aromatic rings. The molecule has 0 aliphatic carbocycles. The summed E-state index contributed by atoms with van der Waals surface area (Å²) in [5, 5.41) is 0. The molecule has 2 N–H and O–H groups in total. The van der Waals surface area contributed by atoms with Crippen LogP contribution in [0.1, 0.15) is 6.92 Å². The lowest BCUT2D eigenvalue weighted by Gasteiger charge is -2.36. The maximum atomic E-state index is 11.7. The Morgan fingerprint density at radius 1 is 1.67 bits per heavy atom. The number of amides is 1. The van der Waals surface area contributed by atoms with Crippen LogP contribution in [0, 0.1) is 0 Å². The van der Waals surface area contributed by atoms with E-state index >= 15 is 0 Å². The van der Waals surface area contributed by atoms with Gasteiger partial charge in [-0.15, -0.1) is 0 Å². The molecule has 1 amide bonds. The molecule has 0 aromatic carbocycles. The summed E-state index contributed by atoms with van der Waals surface area (Å²) in [5.74, 6) is 0.132. The zero-order chi connectivity index (χ0) is 11.4. The van der Waals surface area contributed by atoms with Gasteiger partial charge in [-0.25, -0.2) is 0 Å². The van der Waals surface area contributed by atoms with Crippen molar-refractivity contribution in [2.24, 2.45) is 5.73 Å². The molecule has 2 atom stereocenters. The summed E-state index contributed by atoms with van der Waals surface area (Å²) in [6.45, 7) is 4.65. The molecule has 5 nitrogen and oxygen atoms in total. The summed E-state index contributed by atoms with van der Waals surface area (Å²) in [6.07, 6.45) is 0.0659. The van der Waals surface area contributed by atoms with Gasteiger partial charge in [-0.1, -0.05) is 0 Å². The molecule has 1 heterocycles. The zero-order valence-electron chi connectivity index (χ0n) is 9.77. The molecule has 0 spiro atoms. The van der Waals surface area contributed by atoms with Gasteiger partial charge < -0.3 is 15.4 Å². The number of rotatable bonds is 3. The highest BCUT2D eigenvalue weighted by Gasteiger charge is 2.27. The van der Waals surface area contributed by atoms with Crippen LogP contribution in [0.25, 0.3) is 0 Å². The van der Waals surface area contributed by atoms with Gasteiger partial charge in [0, 0.05) is 33.7 Å². The van der Waals surface area contributed by atoms with Crippen LogP contribution >= 0.6 is 0 Å². The first-order valence-electron chi connectivity index (χ1n) is 5.33. The summed E-state index contributed by atoms with van der Waals surface area (Å²) in [5.41, 5.74) is 5.55. The number of carbonyl (C=O) groups excluding carboxylic acids is 1. The summed E-state index contributed by atoms with van der Waals surface area (Å²) in [4.78, 5) is 15.5. The second-order valence-corrected chi connectivity index (χ2v) is 4.13. The SMILES string of the molecule is CC(C(=O)N(C)C)N1CCOC(CN)C1. The predicted octanol–water partition coefficient (Wildman–Crippen LogP) is -0.877. The predicted molar refractivity (Wildman–Crippen MR) is 58.5 cm³/mol. The van der Waals surface area contributed by atoms with Crippen LogP contribution in [0.3, 0.4) is 0 Å². The van der Waals surface area contributed by atoms with Gasteiger partial charge in [0.1, 0.15) is 0 Å². The molecule has 5 heteroatoms. The normalized spacial score (nSPS) is 24.9.